The minimum Gasteiger partial charge on any atom is -0.497 e. The molecule has 0 atom stereocenters. The largest absolute Gasteiger partial charge is 0.497 e. The summed E-state index contributed by atoms with van der Waals surface area (Å²) in [6, 6.07) is 15.8. The van der Waals surface area contributed by atoms with Gasteiger partial charge in [-0.25, -0.2) is 0 Å². The molecule has 0 saturated carbocycles. The number of hydrogen-bond acceptors (Lipinski definition) is 5. The molecule has 2 aromatic carbocycles. The van der Waals surface area contributed by atoms with Gasteiger partial charge in [-0.05, 0) is 36.4 Å². The van der Waals surface area contributed by atoms with E-state index in [1.54, 1.807) is 43.5 Å². The average Bonchev–Trinajstić information content (AvgIpc) is 2.63. The number of nitrogens with zero attached hydrogens (tertiary/aromatic N) is 1. The summed E-state index contributed by atoms with van der Waals surface area (Å²) in [6.07, 6.45) is 0. The van der Waals surface area contributed by atoms with Crippen LogP contribution in [0.5, 0.6) is 11.5 Å². The maximum absolute atomic E-state index is 11.5. The summed E-state index contributed by atoms with van der Waals surface area (Å²) < 4.78 is 10.9. The van der Waals surface area contributed by atoms with Crippen LogP contribution in [0.4, 0.5) is 0 Å². The smallest absolute Gasteiger partial charge is 0.248 e. The molecule has 122 valence electrons. The fraction of sp³-hybridized carbons (Fsp3) is 0.111. The molecule has 0 amide bonds. The standard InChI is InChI=1S/C18H16N2O4/c1-23-14-8-5-12(6-9-14)15(20-22)11-24-16-4-2-3-13-7-10-17(21)19-18(13)16/h2-10,22H,11H2,1H3,(H,19,21)/b20-15+. The zero-order valence-electron chi connectivity index (χ0n) is 13.0. The van der Waals surface area contributed by atoms with Gasteiger partial charge >= 0.3 is 0 Å². The Morgan fingerprint density at radius 2 is 1.92 bits per heavy atom. The zero-order valence-corrected chi connectivity index (χ0v) is 13.0. The van der Waals surface area contributed by atoms with Crippen molar-refractivity contribution in [2.75, 3.05) is 13.7 Å². The van der Waals surface area contributed by atoms with Crippen LogP contribution in [0.2, 0.25) is 0 Å². The molecule has 3 aromatic rings. The molecule has 0 radical (unpaired) electrons. The van der Waals surface area contributed by atoms with Crippen LogP contribution in [0.3, 0.4) is 0 Å². The molecule has 0 aliphatic carbocycles. The zero-order chi connectivity index (χ0) is 16.9. The first-order valence-corrected chi connectivity index (χ1v) is 7.31. The summed E-state index contributed by atoms with van der Waals surface area (Å²) in [5, 5.41) is 13.4. The van der Waals surface area contributed by atoms with Crippen LogP contribution in [0.15, 0.2) is 64.5 Å². The van der Waals surface area contributed by atoms with Crippen molar-refractivity contribution in [2.45, 2.75) is 0 Å². The maximum Gasteiger partial charge on any atom is 0.248 e. The Morgan fingerprint density at radius 1 is 1.12 bits per heavy atom. The van der Waals surface area contributed by atoms with E-state index in [-0.39, 0.29) is 12.2 Å². The lowest BCUT2D eigenvalue weighted by Crippen LogP contribution is -2.14. The molecule has 0 bridgehead atoms. The number of ether oxygens (including phenoxy) is 2. The van der Waals surface area contributed by atoms with Gasteiger partial charge in [0.15, 0.2) is 0 Å². The third-order valence-corrected chi connectivity index (χ3v) is 3.63. The highest BCUT2D eigenvalue weighted by atomic mass is 16.5. The normalized spacial score (nSPS) is 11.5. The molecule has 0 saturated heterocycles. The third-order valence-electron chi connectivity index (χ3n) is 3.63. The predicted molar refractivity (Wildman–Crippen MR) is 91.4 cm³/mol. The second-order valence-corrected chi connectivity index (χ2v) is 5.11. The average molecular weight is 324 g/mol. The van der Waals surface area contributed by atoms with E-state index in [0.717, 1.165) is 5.39 Å². The number of oxime groups is 1. The van der Waals surface area contributed by atoms with Gasteiger partial charge in [0.2, 0.25) is 5.56 Å². The molecular weight excluding hydrogens is 308 g/mol. The number of nitrogens with one attached hydrogen (secondary N) is 1. The Bertz CT molecular complexity index is 930. The fourth-order valence-corrected chi connectivity index (χ4v) is 2.37. The van der Waals surface area contributed by atoms with Crippen LogP contribution in [-0.2, 0) is 0 Å². The van der Waals surface area contributed by atoms with E-state index in [0.29, 0.717) is 28.3 Å². The molecule has 0 aliphatic heterocycles. The molecule has 6 nitrogen and oxygen atoms in total. The first-order chi connectivity index (χ1) is 11.7. The number of hydrogen-bond donors (Lipinski definition) is 2. The van der Waals surface area contributed by atoms with E-state index in [1.807, 2.05) is 12.1 Å². The minimum atomic E-state index is -0.204. The number of methoxy groups -OCH3 is 1. The van der Waals surface area contributed by atoms with Crippen molar-refractivity contribution < 1.29 is 14.7 Å². The number of pyridine rings is 1. The summed E-state index contributed by atoms with van der Waals surface area (Å²) in [6.45, 7) is 0.0544. The fourth-order valence-electron chi connectivity index (χ4n) is 2.37. The van der Waals surface area contributed by atoms with E-state index in [1.165, 1.54) is 6.07 Å². The lowest BCUT2D eigenvalue weighted by Gasteiger charge is -2.10. The van der Waals surface area contributed by atoms with Crippen LogP contribution in [0, 0.1) is 0 Å². The first kappa shape index (κ1) is 15.6. The molecule has 0 unspecified atom stereocenters. The number of rotatable bonds is 5. The molecule has 6 heteroatoms. The van der Waals surface area contributed by atoms with Gasteiger partial charge < -0.3 is 19.7 Å². The van der Waals surface area contributed by atoms with E-state index in [2.05, 4.69) is 10.1 Å². The molecule has 1 heterocycles. The highest BCUT2D eigenvalue weighted by Gasteiger charge is 2.09. The molecule has 24 heavy (non-hydrogen) atoms. The lowest BCUT2D eigenvalue weighted by atomic mass is 10.1. The quantitative estimate of drug-likeness (QED) is 0.429. The topological polar surface area (TPSA) is 83.9 Å². The summed E-state index contributed by atoms with van der Waals surface area (Å²) in [4.78, 5) is 14.3. The molecule has 1 aromatic heterocycles. The minimum absolute atomic E-state index is 0.0544. The van der Waals surface area contributed by atoms with Crippen molar-refractivity contribution in [2.24, 2.45) is 5.16 Å². The van der Waals surface area contributed by atoms with Gasteiger partial charge in [-0.15, -0.1) is 0 Å². The van der Waals surface area contributed by atoms with Crippen LogP contribution < -0.4 is 15.0 Å². The van der Waals surface area contributed by atoms with Gasteiger partial charge in [0.25, 0.3) is 0 Å². The predicted octanol–water partition coefficient (Wildman–Crippen LogP) is 2.79. The van der Waals surface area contributed by atoms with Crippen LogP contribution in [0.1, 0.15) is 5.56 Å². The number of para-hydroxylation sites is 1. The highest BCUT2D eigenvalue weighted by Crippen LogP contribution is 2.22. The van der Waals surface area contributed by atoms with Gasteiger partial charge in [0.1, 0.15) is 23.8 Å². The lowest BCUT2D eigenvalue weighted by molar-refractivity contribution is 0.308. The highest BCUT2D eigenvalue weighted by molar-refractivity contribution is 6.01. The summed E-state index contributed by atoms with van der Waals surface area (Å²) in [5.74, 6) is 1.23. The number of fused-ring (bicyclic) bond motifs is 1. The number of aromatic nitrogens is 1. The van der Waals surface area contributed by atoms with Crippen molar-refractivity contribution >= 4 is 16.6 Å². The van der Waals surface area contributed by atoms with Crippen molar-refractivity contribution in [3.63, 3.8) is 0 Å². The van der Waals surface area contributed by atoms with Gasteiger partial charge in [-0.3, -0.25) is 4.79 Å². The van der Waals surface area contributed by atoms with E-state index in [9.17, 15) is 10.0 Å². The summed E-state index contributed by atoms with van der Waals surface area (Å²) >= 11 is 0. The Kier molecular flexibility index (Phi) is 4.47. The SMILES string of the molecule is COc1ccc(/C(COc2cccc3ccc(=O)[nH]c23)=N/O)cc1. The van der Waals surface area contributed by atoms with Crippen molar-refractivity contribution in [3.8, 4) is 11.5 Å². The molecule has 0 fully saturated rings. The van der Waals surface area contributed by atoms with Gasteiger partial charge in [0.05, 0.1) is 12.6 Å². The Balaban J connectivity index is 1.83. The Hall–Kier alpha value is -3.28. The van der Waals surface area contributed by atoms with Crippen LogP contribution in [0.25, 0.3) is 10.9 Å². The Labute approximate surface area is 138 Å². The van der Waals surface area contributed by atoms with Gasteiger partial charge in [-0.1, -0.05) is 17.3 Å². The van der Waals surface area contributed by atoms with E-state index >= 15 is 0 Å². The second kappa shape index (κ2) is 6.87. The van der Waals surface area contributed by atoms with Crippen LogP contribution in [-0.4, -0.2) is 29.6 Å². The molecule has 3 rings (SSSR count). The molecule has 0 spiro atoms. The number of benzene rings is 2. The number of aromatic amines is 1. The summed E-state index contributed by atoms with van der Waals surface area (Å²) in [5.41, 5.74) is 1.49. The molecule has 0 aliphatic rings. The van der Waals surface area contributed by atoms with Crippen molar-refractivity contribution in [1.29, 1.82) is 0 Å². The first-order valence-electron chi connectivity index (χ1n) is 7.31. The van der Waals surface area contributed by atoms with Crippen LogP contribution >= 0.6 is 0 Å². The summed E-state index contributed by atoms with van der Waals surface area (Å²) in [7, 11) is 1.58. The third kappa shape index (κ3) is 3.22. The van der Waals surface area contributed by atoms with Crippen molar-refractivity contribution in [3.05, 3.63) is 70.5 Å². The van der Waals surface area contributed by atoms with E-state index < -0.39 is 0 Å². The molecule has 2 N–H and O–H groups in total. The monoisotopic (exact) mass is 324 g/mol. The van der Waals surface area contributed by atoms with E-state index in [4.69, 9.17) is 9.47 Å². The van der Waals surface area contributed by atoms with Gasteiger partial charge in [0, 0.05) is 17.0 Å². The van der Waals surface area contributed by atoms with Gasteiger partial charge in [-0.2, -0.15) is 0 Å². The Morgan fingerprint density at radius 3 is 2.62 bits per heavy atom. The number of H-pyrrole nitrogens is 1. The maximum atomic E-state index is 11.5. The molecular formula is C18H16N2O4. The van der Waals surface area contributed by atoms with Crippen molar-refractivity contribution in [1.82, 2.24) is 4.98 Å². The second-order valence-electron chi connectivity index (χ2n) is 5.11.